The molecule has 0 saturated carbocycles. The molecule has 0 atom stereocenters. The quantitative estimate of drug-likeness (QED) is 0.546. The van der Waals surface area contributed by atoms with Gasteiger partial charge in [-0.05, 0) is 36.5 Å². The number of aliphatic imine (C=N–C) groups is 2. The van der Waals surface area contributed by atoms with Crippen LogP contribution < -0.4 is 16.4 Å². The van der Waals surface area contributed by atoms with E-state index in [9.17, 15) is 0 Å². The van der Waals surface area contributed by atoms with Gasteiger partial charge < -0.3 is 16.4 Å². The molecule has 1 aliphatic carbocycles. The molecule has 0 unspecified atom stereocenters. The van der Waals surface area contributed by atoms with E-state index >= 15 is 0 Å². The second-order valence-corrected chi connectivity index (χ2v) is 5.53. The summed E-state index contributed by atoms with van der Waals surface area (Å²) in [6.07, 6.45) is 3.10. The smallest absolute Gasteiger partial charge is 0.220 e. The van der Waals surface area contributed by atoms with Crippen molar-refractivity contribution in [3.05, 3.63) is 41.5 Å². The van der Waals surface area contributed by atoms with Crippen molar-refractivity contribution in [2.45, 2.75) is 19.3 Å². The summed E-state index contributed by atoms with van der Waals surface area (Å²) in [7, 11) is 3.38. The first-order chi connectivity index (χ1) is 11.7. The van der Waals surface area contributed by atoms with Crippen LogP contribution in [0.4, 0.5) is 5.82 Å². The van der Waals surface area contributed by atoms with Crippen LogP contribution in [0, 0.1) is 0 Å². The van der Waals surface area contributed by atoms with Crippen molar-refractivity contribution in [2.24, 2.45) is 15.7 Å². The molecule has 0 aliphatic heterocycles. The van der Waals surface area contributed by atoms with Crippen molar-refractivity contribution in [2.75, 3.05) is 19.4 Å². The molecule has 7 nitrogen and oxygen atoms in total. The number of benzene rings is 1. The van der Waals surface area contributed by atoms with Crippen LogP contribution in [0.2, 0.25) is 0 Å². The van der Waals surface area contributed by atoms with Gasteiger partial charge in [0.15, 0.2) is 5.82 Å². The largest absolute Gasteiger partial charge is 0.369 e. The molecule has 0 amide bonds. The van der Waals surface area contributed by atoms with Gasteiger partial charge in [0.1, 0.15) is 0 Å². The fraction of sp³-hybridized carbons (Fsp3) is 0.294. The lowest BCUT2D eigenvalue weighted by atomic mass is 10.0. The van der Waals surface area contributed by atoms with E-state index in [1.54, 1.807) is 14.1 Å². The number of fused-ring (bicyclic) bond motifs is 3. The lowest BCUT2D eigenvalue weighted by Crippen LogP contribution is -2.28. The van der Waals surface area contributed by atoms with E-state index in [0.717, 1.165) is 25.0 Å². The number of nitrogens with zero attached hydrogens (tertiary/aromatic N) is 4. The van der Waals surface area contributed by atoms with Gasteiger partial charge in [0.25, 0.3) is 0 Å². The third-order valence-electron chi connectivity index (χ3n) is 3.96. The monoisotopic (exact) mass is 323 g/mol. The first-order valence-electron chi connectivity index (χ1n) is 7.92. The molecular formula is C17H21N7. The SMILES string of the molecule is C/N=C(\N=C(\N)Nc1cc2c(nn1)-c1ccccc1CCC2)NC. The molecule has 2 aromatic rings. The van der Waals surface area contributed by atoms with E-state index in [1.165, 1.54) is 16.7 Å². The number of rotatable bonds is 1. The third-order valence-corrected chi connectivity index (χ3v) is 3.96. The molecule has 0 saturated heterocycles. The third kappa shape index (κ3) is 3.34. The number of hydrogen-bond acceptors (Lipinski definition) is 3. The Hall–Kier alpha value is -2.96. The molecule has 1 aliphatic rings. The number of aromatic nitrogens is 2. The van der Waals surface area contributed by atoms with Crippen LogP contribution in [0.1, 0.15) is 17.5 Å². The van der Waals surface area contributed by atoms with Gasteiger partial charge >= 0.3 is 0 Å². The predicted octanol–water partition coefficient (Wildman–Crippen LogP) is 1.56. The average Bonchev–Trinajstić information content (AvgIpc) is 2.78. The van der Waals surface area contributed by atoms with Gasteiger partial charge in [-0.3, -0.25) is 4.99 Å². The average molecular weight is 323 g/mol. The van der Waals surface area contributed by atoms with E-state index in [2.05, 4.69) is 49.0 Å². The van der Waals surface area contributed by atoms with Gasteiger partial charge in [-0.2, -0.15) is 4.99 Å². The van der Waals surface area contributed by atoms with Crippen LogP contribution in [0.25, 0.3) is 11.3 Å². The topological polar surface area (TPSA) is 101 Å². The highest BCUT2D eigenvalue weighted by atomic mass is 15.2. The summed E-state index contributed by atoms with van der Waals surface area (Å²) in [4.78, 5) is 8.09. The zero-order valence-corrected chi connectivity index (χ0v) is 13.9. The molecule has 0 fully saturated rings. The second kappa shape index (κ2) is 7.08. The Kier molecular flexibility index (Phi) is 4.69. The fourth-order valence-electron chi connectivity index (χ4n) is 2.84. The molecule has 1 aromatic heterocycles. The van der Waals surface area contributed by atoms with Gasteiger partial charge in [-0.25, -0.2) is 0 Å². The van der Waals surface area contributed by atoms with Gasteiger partial charge in [-0.1, -0.05) is 24.3 Å². The zero-order chi connectivity index (χ0) is 16.9. The molecule has 1 aromatic carbocycles. The molecule has 124 valence electrons. The molecule has 3 rings (SSSR count). The number of guanidine groups is 2. The Morgan fingerprint density at radius 1 is 1.17 bits per heavy atom. The van der Waals surface area contributed by atoms with Gasteiger partial charge in [-0.15, -0.1) is 10.2 Å². The lowest BCUT2D eigenvalue weighted by molar-refractivity contribution is 0.830. The maximum absolute atomic E-state index is 5.89. The van der Waals surface area contributed by atoms with Crippen LogP contribution in [0.3, 0.4) is 0 Å². The van der Waals surface area contributed by atoms with Crippen molar-refractivity contribution in [1.82, 2.24) is 15.5 Å². The van der Waals surface area contributed by atoms with E-state index in [1.807, 2.05) is 12.1 Å². The molecule has 0 spiro atoms. The molecule has 1 heterocycles. The van der Waals surface area contributed by atoms with Gasteiger partial charge in [0.2, 0.25) is 11.9 Å². The normalized spacial score (nSPS) is 14.4. The minimum atomic E-state index is 0.216. The van der Waals surface area contributed by atoms with Gasteiger partial charge in [0.05, 0.1) is 5.69 Å². The van der Waals surface area contributed by atoms with E-state index < -0.39 is 0 Å². The Labute approximate surface area is 141 Å². The first kappa shape index (κ1) is 15.9. The van der Waals surface area contributed by atoms with Crippen molar-refractivity contribution >= 4 is 17.7 Å². The molecule has 24 heavy (non-hydrogen) atoms. The Bertz CT molecular complexity index is 795. The van der Waals surface area contributed by atoms with Crippen LogP contribution in [-0.4, -0.2) is 36.2 Å². The predicted molar refractivity (Wildman–Crippen MR) is 97.2 cm³/mol. The van der Waals surface area contributed by atoms with E-state index in [4.69, 9.17) is 5.73 Å². The molecular weight excluding hydrogens is 302 g/mol. The minimum Gasteiger partial charge on any atom is -0.369 e. The van der Waals surface area contributed by atoms with Gasteiger partial charge in [0, 0.05) is 19.7 Å². The lowest BCUT2D eigenvalue weighted by Gasteiger charge is -2.10. The standard InChI is InChI=1S/C17H21N7/c1-19-17(20-2)22-16(18)21-14-10-12-8-5-7-11-6-3-4-9-13(11)15(12)24-23-14/h3-4,6,9-10H,5,7-8H2,1-2H3,(H4,18,19,20,21,22,23). The summed E-state index contributed by atoms with van der Waals surface area (Å²) in [6.45, 7) is 0. The summed E-state index contributed by atoms with van der Waals surface area (Å²) in [5.74, 6) is 1.24. The highest BCUT2D eigenvalue weighted by Gasteiger charge is 2.16. The molecule has 7 heteroatoms. The summed E-state index contributed by atoms with van der Waals surface area (Å²) in [5, 5.41) is 14.5. The maximum atomic E-state index is 5.89. The Morgan fingerprint density at radius 2 is 1.96 bits per heavy atom. The number of nitrogens with one attached hydrogen (secondary N) is 2. The fourth-order valence-corrected chi connectivity index (χ4v) is 2.84. The van der Waals surface area contributed by atoms with Crippen molar-refractivity contribution in [3.63, 3.8) is 0 Å². The Morgan fingerprint density at radius 3 is 2.75 bits per heavy atom. The van der Waals surface area contributed by atoms with Crippen molar-refractivity contribution in [3.8, 4) is 11.3 Å². The van der Waals surface area contributed by atoms with Crippen molar-refractivity contribution in [1.29, 1.82) is 0 Å². The first-order valence-corrected chi connectivity index (χ1v) is 7.92. The van der Waals surface area contributed by atoms with Crippen molar-refractivity contribution < 1.29 is 0 Å². The molecule has 4 N–H and O–H groups in total. The number of anilines is 1. The van der Waals surface area contributed by atoms with Crippen LogP contribution in [0.15, 0.2) is 40.3 Å². The number of nitrogens with two attached hydrogens (primary N) is 1. The van der Waals surface area contributed by atoms with E-state index in [0.29, 0.717) is 11.8 Å². The Balaban J connectivity index is 1.89. The minimum absolute atomic E-state index is 0.216. The van der Waals surface area contributed by atoms with Crippen LogP contribution in [0.5, 0.6) is 0 Å². The summed E-state index contributed by atoms with van der Waals surface area (Å²) < 4.78 is 0. The number of hydrogen-bond donors (Lipinski definition) is 3. The summed E-state index contributed by atoms with van der Waals surface area (Å²) >= 11 is 0. The molecule has 0 radical (unpaired) electrons. The summed E-state index contributed by atoms with van der Waals surface area (Å²) in [6, 6.07) is 10.4. The zero-order valence-electron chi connectivity index (χ0n) is 13.9. The highest BCUT2D eigenvalue weighted by molar-refractivity contribution is 6.00. The number of aryl methyl sites for hydroxylation is 2. The van der Waals surface area contributed by atoms with Crippen LogP contribution >= 0.6 is 0 Å². The van der Waals surface area contributed by atoms with Crippen LogP contribution in [-0.2, 0) is 12.8 Å². The second-order valence-electron chi connectivity index (χ2n) is 5.53. The molecule has 0 bridgehead atoms. The van der Waals surface area contributed by atoms with E-state index in [-0.39, 0.29) is 5.96 Å². The summed E-state index contributed by atoms with van der Waals surface area (Å²) in [5.41, 5.74) is 10.5. The highest BCUT2D eigenvalue weighted by Crippen LogP contribution is 2.31. The maximum Gasteiger partial charge on any atom is 0.220 e.